The van der Waals surface area contributed by atoms with Crippen molar-refractivity contribution in [1.82, 2.24) is 4.90 Å². The lowest BCUT2D eigenvalue weighted by Gasteiger charge is -2.21. The van der Waals surface area contributed by atoms with E-state index in [0.29, 0.717) is 12.0 Å². The quantitative estimate of drug-likeness (QED) is 0.684. The first-order chi connectivity index (χ1) is 5.74. The number of likely N-dealkylation sites (tertiary alicyclic amines) is 1. The molecule has 2 rings (SSSR count). The number of hydrogen-bond donors (Lipinski definition) is 1. The highest BCUT2D eigenvalue weighted by Crippen LogP contribution is 2.46. The monoisotopic (exact) mass is 169 g/mol. The fraction of sp³-hybridized carbons (Fsp3) is 1.00. The van der Waals surface area contributed by atoms with Gasteiger partial charge in [-0.15, -0.1) is 0 Å². The zero-order valence-corrected chi connectivity index (χ0v) is 7.92. The van der Waals surface area contributed by atoms with Gasteiger partial charge in [-0.05, 0) is 31.7 Å². The van der Waals surface area contributed by atoms with Gasteiger partial charge < -0.3 is 10.0 Å². The van der Waals surface area contributed by atoms with Gasteiger partial charge in [0.2, 0.25) is 0 Å². The lowest BCUT2D eigenvalue weighted by molar-refractivity contribution is 0.162. The molecule has 0 aromatic carbocycles. The minimum atomic E-state index is 0.323. The Labute approximate surface area is 74.6 Å². The van der Waals surface area contributed by atoms with Crippen LogP contribution < -0.4 is 0 Å². The molecular formula is C10H19NO. The summed E-state index contributed by atoms with van der Waals surface area (Å²) in [4.78, 5) is 2.52. The van der Waals surface area contributed by atoms with Crippen molar-refractivity contribution in [2.75, 3.05) is 26.2 Å². The molecule has 1 unspecified atom stereocenters. The number of rotatable bonds is 3. The lowest BCUT2D eigenvalue weighted by atomic mass is 10.1. The van der Waals surface area contributed by atoms with Crippen molar-refractivity contribution >= 4 is 0 Å². The molecule has 2 aliphatic rings. The largest absolute Gasteiger partial charge is 0.396 e. The summed E-state index contributed by atoms with van der Waals surface area (Å²) < 4.78 is 0. The molecule has 2 fully saturated rings. The summed E-state index contributed by atoms with van der Waals surface area (Å²) >= 11 is 0. The maximum atomic E-state index is 9.16. The minimum Gasteiger partial charge on any atom is -0.396 e. The lowest BCUT2D eigenvalue weighted by Crippen LogP contribution is -2.30. The first-order valence-corrected chi connectivity index (χ1v) is 5.07. The van der Waals surface area contributed by atoms with Crippen LogP contribution in [0.3, 0.4) is 0 Å². The predicted molar refractivity (Wildman–Crippen MR) is 49.0 cm³/mol. The van der Waals surface area contributed by atoms with Crippen LogP contribution in [0.25, 0.3) is 0 Å². The predicted octanol–water partition coefficient (Wildman–Crippen LogP) is 1.10. The van der Waals surface area contributed by atoms with Crippen LogP contribution in [0.2, 0.25) is 0 Å². The van der Waals surface area contributed by atoms with E-state index in [9.17, 15) is 0 Å². The standard InChI is InChI=1S/C10H19NO/c1-9-2-5-11(6-9)7-10(8-12)3-4-10/h9,12H,2-8H2,1H3. The molecule has 0 spiro atoms. The molecule has 0 radical (unpaired) electrons. The third-order valence-corrected chi connectivity index (χ3v) is 3.36. The van der Waals surface area contributed by atoms with Crippen LogP contribution in [0.1, 0.15) is 26.2 Å². The molecule has 12 heavy (non-hydrogen) atoms. The van der Waals surface area contributed by atoms with E-state index in [2.05, 4.69) is 11.8 Å². The molecular weight excluding hydrogens is 150 g/mol. The van der Waals surface area contributed by atoms with Gasteiger partial charge in [-0.1, -0.05) is 6.92 Å². The fourth-order valence-corrected chi connectivity index (χ4v) is 2.19. The highest BCUT2D eigenvalue weighted by Gasteiger charge is 2.43. The Morgan fingerprint density at radius 3 is 2.67 bits per heavy atom. The SMILES string of the molecule is CC1CCN(CC2(CO)CC2)C1. The first-order valence-electron chi connectivity index (χ1n) is 5.07. The van der Waals surface area contributed by atoms with Gasteiger partial charge in [0, 0.05) is 25.1 Å². The third kappa shape index (κ3) is 1.64. The van der Waals surface area contributed by atoms with Crippen LogP contribution in [0.15, 0.2) is 0 Å². The van der Waals surface area contributed by atoms with E-state index >= 15 is 0 Å². The van der Waals surface area contributed by atoms with Crippen molar-refractivity contribution in [2.45, 2.75) is 26.2 Å². The van der Waals surface area contributed by atoms with Gasteiger partial charge in [-0.3, -0.25) is 0 Å². The summed E-state index contributed by atoms with van der Waals surface area (Å²) in [6, 6.07) is 0. The third-order valence-electron chi connectivity index (χ3n) is 3.36. The molecule has 0 bridgehead atoms. The highest BCUT2D eigenvalue weighted by atomic mass is 16.3. The van der Waals surface area contributed by atoms with Crippen LogP contribution in [0.5, 0.6) is 0 Å². The maximum absolute atomic E-state index is 9.16. The molecule has 1 aliphatic carbocycles. The van der Waals surface area contributed by atoms with E-state index in [4.69, 9.17) is 5.11 Å². The number of hydrogen-bond acceptors (Lipinski definition) is 2. The van der Waals surface area contributed by atoms with Gasteiger partial charge >= 0.3 is 0 Å². The van der Waals surface area contributed by atoms with E-state index in [0.717, 1.165) is 12.5 Å². The van der Waals surface area contributed by atoms with E-state index < -0.39 is 0 Å². The van der Waals surface area contributed by atoms with Crippen LogP contribution >= 0.6 is 0 Å². The molecule has 1 atom stereocenters. The Balaban J connectivity index is 1.80. The Bertz CT molecular complexity index is 165. The second-order valence-corrected chi connectivity index (χ2v) is 4.79. The van der Waals surface area contributed by atoms with Crippen LogP contribution in [-0.2, 0) is 0 Å². The van der Waals surface area contributed by atoms with Crippen LogP contribution in [-0.4, -0.2) is 36.2 Å². The summed E-state index contributed by atoms with van der Waals surface area (Å²) in [6.07, 6.45) is 3.84. The van der Waals surface area contributed by atoms with E-state index in [1.165, 1.54) is 32.4 Å². The zero-order valence-electron chi connectivity index (χ0n) is 7.92. The topological polar surface area (TPSA) is 23.5 Å². The normalized spacial score (nSPS) is 34.0. The average Bonchev–Trinajstić information content (AvgIpc) is 2.71. The van der Waals surface area contributed by atoms with Crippen molar-refractivity contribution in [1.29, 1.82) is 0 Å². The van der Waals surface area contributed by atoms with Gasteiger partial charge in [0.05, 0.1) is 0 Å². The Kier molecular flexibility index (Phi) is 2.13. The van der Waals surface area contributed by atoms with Crippen molar-refractivity contribution in [3.05, 3.63) is 0 Å². The fourth-order valence-electron chi connectivity index (χ4n) is 2.19. The number of aliphatic hydroxyl groups excluding tert-OH is 1. The van der Waals surface area contributed by atoms with E-state index in [-0.39, 0.29) is 0 Å². The Morgan fingerprint density at radius 1 is 1.50 bits per heavy atom. The van der Waals surface area contributed by atoms with Crippen molar-refractivity contribution in [2.24, 2.45) is 11.3 Å². The average molecular weight is 169 g/mol. The molecule has 2 nitrogen and oxygen atoms in total. The van der Waals surface area contributed by atoms with E-state index in [1.807, 2.05) is 0 Å². The van der Waals surface area contributed by atoms with Gasteiger partial charge in [-0.25, -0.2) is 0 Å². The van der Waals surface area contributed by atoms with Crippen LogP contribution in [0, 0.1) is 11.3 Å². The highest BCUT2D eigenvalue weighted by molar-refractivity contribution is 4.95. The molecule has 0 aromatic heterocycles. The van der Waals surface area contributed by atoms with Gasteiger partial charge in [-0.2, -0.15) is 0 Å². The molecule has 1 saturated heterocycles. The van der Waals surface area contributed by atoms with Gasteiger partial charge in [0.25, 0.3) is 0 Å². The molecule has 0 aromatic rings. The molecule has 0 amide bonds. The first kappa shape index (κ1) is 8.52. The van der Waals surface area contributed by atoms with Crippen molar-refractivity contribution in [3.63, 3.8) is 0 Å². The van der Waals surface area contributed by atoms with Crippen molar-refractivity contribution in [3.8, 4) is 0 Å². The minimum absolute atomic E-state index is 0.323. The van der Waals surface area contributed by atoms with E-state index in [1.54, 1.807) is 0 Å². The molecule has 1 saturated carbocycles. The Hall–Kier alpha value is -0.0800. The van der Waals surface area contributed by atoms with Crippen molar-refractivity contribution < 1.29 is 5.11 Å². The Morgan fingerprint density at radius 2 is 2.25 bits per heavy atom. The number of aliphatic hydroxyl groups is 1. The molecule has 70 valence electrons. The molecule has 1 heterocycles. The summed E-state index contributed by atoms with van der Waals surface area (Å²) in [6.45, 7) is 6.37. The summed E-state index contributed by atoms with van der Waals surface area (Å²) in [7, 11) is 0. The molecule has 1 aliphatic heterocycles. The van der Waals surface area contributed by atoms with Gasteiger partial charge in [0.1, 0.15) is 0 Å². The molecule has 2 heteroatoms. The second kappa shape index (κ2) is 3.00. The smallest absolute Gasteiger partial charge is 0.0499 e. The van der Waals surface area contributed by atoms with Gasteiger partial charge in [0.15, 0.2) is 0 Å². The summed E-state index contributed by atoms with van der Waals surface area (Å²) in [5.74, 6) is 0.875. The zero-order chi connectivity index (χ0) is 8.60. The van der Waals surface area contributed by atoms with Crippen LogP contribution in [0.4, 0.5) is 0 Å². The second-order valence-electron chi connectivity index (χ2n) is 4.79. The number of nitrogens with zero attached hydrogens (tertiary/aromatic N) is 1. The summed E-state index contributed by atoms with van der Waals surface area (Å²) in [5, 5.41) is 9.16. The summed E-state index contributed by atoms with van der Waals surface area (Å²) in [5.41, 5.74) is 0.323. The molecule has 1 N–H and O–H groups in total. The maximum Gasteiger partial charge on any atom is 0.0499 e.